The summed E-state index contributed by atoms with van der Waals surface area (Å²) in [6, 6.07) is 9.39. The maximum atomic E-state index is 13.9. The predicted molar refractivity (Wildman–Crippen MR) is 76.2 cm³/mol. The Morgan fingerprint density at radius 3 is 2.76 bits per heavy atom. The molecule has 1 heterocycles. The van der Waals surface area contributed by atoms with Gasteiger partial charge in [-0.25, -0.2) is 0 Å². The van der Waals surface area contributed by atoms with Crippen LogP contribution in [0, 0.1) is 0 Å². The summed E-state index contributed by atoms with van der Waals surface area (Å²) in [6.07, 6.45) is 1.20. The SMILES string of the molecule is O=C1C(F)(F)CCC2NCCC[C@]12NCc1ccccc1. The summed E-state index contributed by atoms with van der Waals surface area (Å²) >= 11 is 0. The Labute approximate surface area is 123 Å². The van der Waals surface area contributed by atoms with Gasteiger partial charge in [0.05, 0.1) is 5.54 Å². The van der Waals surface area contributed by atoms with Crippen molar-refractivity contribution in [3.63, 3.8) is 0 Å². The van der Waals surface area contributed by atoms with Crippen LogP contribution in [0.25, 0.3) is 0 Å². The van der Waals surface area contributed by atoms with Crippen LogP contribution in [-0.4, -0.2) is 29.8 Å². The van der Waals surface area contributed by atoms with Gasteiger partial charge >= 0.3 is 5.92 Å². The van der Waals surface area contributed by atoms with E-state index < -0.39 is 17.2 Å². The second-order valence-electron chi connectivity index (χ2n) is 5.99. The van der Waals surface area contributed by atoms with E-state index in [1.54, 1.807) is 0 Å². The lowest BCUT2D eigenvalue weighted by atomic mass is 9.70. The highest BCUT2D eigenvalue weighted by molar-refractivity contribution is 5.96. The van der Waals surface area contributed by atoms with Crippen LogP contribution in [0.15, 0.2) is 30.3 Å². The molecule has 114 valence electrons. The Kier molecular flexibility index (Phi) is 3.80. The van der Waals surface area contributed by atoms with E-state index in [9.17, 15) is 13.6 Å². The fraction of sp³-hybridized carbons (Fsp3) is 0.562. The first-order valence-corrected chi connectivity index (χ1v) is 7.50. The topological polar surface area (TPSA) is 41.1 Å². The average molecular weight is 294 g/mol. The molecule has 2 N–H and O–H groups in total. The van der Waals surface area contributed by atoms with Crippen LogP contribution in [0.3, 0.4) is 0 Å². The van der Waals surface area contributed by atoms with Crippen LogP contribution in [-0.2, 0) is 11.3 Å². The van der Waals surface area contributed by atoms with Crippen LogP contribution in [0.1, 0.15) is 31.2 Å². The number of piperidine rings is 1. The van der Waals surface area contributed by atoms with Gasteiger partial charge in [-0.3, -0.25) is 10.1 Å². The third kappa shape index (κ3) is 2.60. The van der Waals surface area contributed by atoms with Gasteiger partial charge in [0.2, 0.25) is 5.78 Å². The number of hydrogen-bond acceptors (Lipinski definition) is 3. The number of nitrogens with one attached hydrogen (secondary N) is 2. The van der Waals surface area contributed by atoms with Gasteiger partial charge in [-0.05, 0) is 31.4 Å². The number of ketones is 1. The van der Waals surface area contributed by atoms with Crippen molar-refractivity contribution in [2.24, 2.45) is 0 Å². The van der Waals surface area contributed by atoms with E-state index in [0.717, 1.165) is 18.5 Å². The smallest absolute Gasteiger partial charge is 0.307 e. The average Bonchev–Trinajstić information content (AvgIpc) is 2.51. The molecule has 1 saturated heterocycles. The van der Waals surface area contributed by atoms with E-state index >= 15 is 0 Å². The molecule has 0 bridgehead atoms. The number of carbonyl (C=O) groups is 1. The second-order valence-corrected chi connectivity index (χ2v) is 5.99. The van der Waals surface area contributed by atoms with Crippen molar-refractivity contribution in [1.82, 2.24) is 10.6 Å². The van der Waals surface area contributed by atoms with E-state index in [0.29, 0.717) is 19.4 Å². The molecule has 2 atom stereocenters. The van der Waals surface area contributed by atoms with E-state index in [4.69, 9.17) is 0 Å². The van der Waals surface area contributed by atoms with Crippen molar-refractivity contribution < 1.29 is 13.6 Å². The molecule has 1 aromatic rings. The summed E-state index contributed by atoms with van der Waals surface area (Å²) < 4.78 is 27.8. The monoisotopic (exact) mass is 294 g/mol. The number of Topliss-reactive ketones (excluding diaryl/α,β-unsaturated/α-hetero) is 1. The number of hydrogen-bond donors (Lipinski definition) is 2. The standard InChI is InChI=1S/C16H20F2N2O/c17-16(18)9-7-13-15(14(16)21,8-4-10-19-13)20-11-12-5-2-1-3-6-12/h1-3,5-6,13,19-20H,4,7-11H2/t13?,15-/m1/s1. The number of benzene rings is 1. The molecule has 0 radical (unpaired) electrons. The molecule has 21 heavy (non-hydrogen) atoms. The van der Waals surface area contributed by atoms with Gasteiger partial charge in [-0.2, -0.15) is 8.78 Å². The molecule has 1 saturated carbocycles. The largest absolute Gasteiger partial charge is 0.312 e. The first-order chi connectivity index (χ1) is 10.0. The van der Waals surface area contributed by atoms with Gasteiger partial charge in [-0.1, -0.05) is 30.3 Å². The predicted octanol–water partition coefficient (Wildman–Crippen LogP) is 2.27. The number of alkyl halides is 2. The molecule has 3 nitrogen and oxygen atoms in total. The van der Waals surface area contributed by atoms with Crippen LogP contribution < -0.4 is 10.6 Å². The zero-order chi connectivity index (χ0) is 14.9. The van der Waals surface area contributed by atoms with E-state index in [1.807, 2.05) is 30.3 Å². The summed E-state index contributed by atoms with van der Waals surface area (Å²) in [5, 5.41) is 6.42. The highest BCUT2D eigenvalue weighted by atomic mass is 19.3. The Hall–Kier alpha value is -1.33. The molecule has 1 aromatic carbocycles. The molecule has 2 fully saturated rings. The highest BCUT2D eigenvalue weighted by Gasteiger charge is 2.59. The van der Waals surface area contributed by atoms with Gasteiger partial charge < -0.3 is 5.32 Å². The minimum absolute atomic E-state index is 0.193. The number of rotatable bonds is 3. The van der Waals surface area contributed by atoms with Crippen molar-refractivity contribution in [1.29, 1.82) is 0 Å². The zero-order valence-corrected chi connectivity index (χ0v) is 11.9. The van der Waals surface area contributed by atoms with Gasteiger partial charge in [0.25, 0.3) is 0 Å². The van der Waals surface area contributed by atoms with Crippen molar-refractivity contribution in [2.75, 3.05) is 6.54 Å². The second kappa shape index (κ2) is 5.46. The molecule has 0 spiro atoms. The van der Waals surface area contributed by atoms with Crippen LogP contribution in [0.5, 0.6) is 0 Å². The fourth-order valence-corrected chi connectivity index (χ4v) is 3.53. The van der Waals surface area contributed by atoms with Gasteiger partial charge in [0.1, 0.15) is 0 Å². The summed E-state index contributed by atoms with van der Waals surface area (Å²) in [5.41, 5.74) is -0.131. The van der Waals surface area contributed by atoms with Crippen LogP contribution in [0.2, 0.25) is 0 Å². The Balaban J connectivity index is 1.84. The quantitative estimate of drug-likeness (QED) is 0.898. The molecule has 1 unspecified atom stereocenters. The molecular weight excluding hydrogens is 274 g/mol. The molecule has 1 aliphatic carbocycles. The van der Waals surface area contributed by atoms with Crippen LogP contribution >= 0.6 is 0 Å². The molecule has 5 heteroatoms. The Morgan fingerprint density at radius 1 is 1.24 bits per heavy atom. The van der Waals surface area contributed by atoms with Crippen molar-refractivity contribution >= 4 is 5.78 Å². The molecule has 3 rings (SSSR count). The first-order valence-electron chi connectivity index (χ1n) is 7.50. The van der Waals surface area contributed by atoms with Gasteiger partial charge in [0, 0.05) is 19.0 Å². The highest BCUT2D eigenvalue weighted by Crippen LogP contribution is 2.40. The lowest BCUT2D eigenvalue weighted by Crippen LogP contribution is -2.72. The van der Waals surface area contributed by atoms with Crippen molar-refractivity contribution in [2.45, 2.75) is 49.7 Å². The lowest BCUT2D eigenvalue weighted by molar-refractivity contribution is -0.160. The third-order valence-electron chi connectivity index (χ3n) is 4.67. The summed E-state index contributed by atoms with van der Waals surface area (Å²) in [6.45, 7) is 1.22. The molecular formula is C16H20F2N2O. The molecule has 2 aliphatic rings. The van der Waals surface area contributed by atoms with Crippen molar-refractivity contribution in [3.8, 4) is 0 Å². The normalized spacial score (nSPS) is 31.7. The summed E-state index contributed by atoms with van der Waals surface area (Å²) in [7, 11) is 0. The van der Waals surface area contributed by atoms with E-state index in [-0.39, 0.29) is 12.5 Å². The number of carbonyl (C=O) groups excluding carboxylic acids is 1. The van der Waals surface area contributed by atoms with Gasteiger partial charge in [0.15, 0.2) is 0 Å². The number of halogens is 2. The molecule has 1 aliphatic heterocycles. The Morgan fingerprint density at radius 2 is 2.00 bits per heavy atom. The lowest BCUT2D eigenvalue weighted by Gasteiger charge is -2.49. The summed E-state index contributed by atoms with van der Waals surface area (Å²) in [5.74, 6) is -4.14. The van der Waals surface area contributed by atoms with Crippen LogP contribution in [0.4, 0.5) is 8.78 Å². The number of fused-ring (bicyclic) bond motifs is 1. The minimum atomic E-state index is -3.21. The Bertz CT molecular complexity index is 520. The maximum absolute atomic E-state index is 13.9. The van der Waals surface area contributed by atoms with E-state index in [2.05, 4.69) is 10.6 Å². The van der Waals surface area contributed by atoms with E-state index in [1.165, 1.54) is 0 Å². The van der Waals surface area contributed by atoms with Crippen molar-refractivity contribution in [3.05, 3.63) is 35.9 Å². The molecule has 0 amide bonds. The minimum Gasteiger partial charge on any atom is -0.312 e. The third-order valence-corrected chi connectivity index (χ3v) is 4.67. The maximum Gasteiger partial charge on any atom is 0.307 e. The fourth-order valence-electron chi connectivity index (χ4n) is 3.53. The van der Waals surface area contributed by atoms with Gasteiger partial charge in [-0.15, -0.1) is 0 Å². The zero-order valence-electron chi connectivity index (χ0n) is 11.9. The first kappa shape index (κ1) is 14.6. The summed E-state index contributed by atoms with van der Waals surface area (Å²) in [4.78, 5) is 12.4. The molecule has 0 aromatic heterocycles.